The Morgan fingerprint density at radius 3 is 2.32 bits per heavy atom. The van der Waals surface area contributed by atoms with Gasteiger partial charge < -0.3 is 4.98 Å². The first-order valence-corrected chi connectivity index (χ1v) is 9.69. The average molecular weight is 460 g/mol. The van der Waals surface area contributed by atoms with Gasteiger partial charge in [-0.3, -0.25) is 0 Å². The quantitative estimate of drug-likeness (QED) is 0.322. The number of nitrogens with zero attached hydrogens (tertiary/aromatic N) is 5. The fraction of sp³-hybridized carbons (Fsp3) is 0.222. The maximum absolute atomic E-state index is 13.3. The van der Waals surface area contributed by atoms with Crippen LogP contribution >= 0.6 is 11.8 Å². The van der Waals surface area contributed by atoms with Crippen LogP contribution in [0.15, 0.2) is 46.6 Å². The van der Waals surface area contributed by atoms with E-state index in [0.717, 1.165) is 28.6 Å². The highest BCUT2D eigenvalue weighted by Crippen LogP contribution is 2.37. The number of halogens is 6. The molecule has 13 heteroatoms. The molecule has 1 aromatic carbocycles. The Bertz CT molecular complexity index is 1090. The van der Waals surface area contributed by atoms with Gasteiger partial charge in [-0.25, -0.2) is 19.7 Å². The first-order chi connectivity index (χ1) is 14.5. The number of hydrogen-bond donors (Lipinski definition) is 1. The Kier molecular flexibility index (Phi) is 6.25. The molecule has 3 rings (SSSR count). The predicted octanol–water partition coefficient (Wildman–Crippen LogP) is 5.41. The van der Waals surface area contributed by atoms with Crippen LogP contribution in [0.1, 0.15) is 17.0 Å². The van der Waals surface area contributed by atoms with E-state index >= 15 is 0 Å². The van der Waals surface area contributed by atoms with Crippen molar-refractivity contribution in [2.24, 2.45) is 9.98 Å². The average Bonchev–Trinajstić information content (AvgIpc) is 3.33. The van der Waals surface area contributed by atoms with Crippen molar-refractivity contribution in [1.29, 1.82) is 0 Å². The summed E-state index contributed by atoms with van der Waals surface area (Å²) in [5.74, 6) is -0.225. The number of rotatable bonds is 4. The first-order valence-electron chi connectivity index (χ1n) is 8.47. The van der Waals surface area contributed by atoms with Crippen molar-refractivity contribution in [2.45, 2.75) is 18.9 Å². The molecule has 0 amide bonds. The summed E-state index contributed by atoms with van der Waals surface area (Å²) in [5, 5.41) is 3.78. The number of nitrogens with one attached hydrogen (secondary N) is 1. The Hall–Kier alpha value is -3.09. The number of imidazole rings is 1. The minimum absolute atomic E-state index is 0.0251. The van der Waals surface area contributed by atoms with Gasteiger partial charge in [-0.15, -0.1) is 0 Å². The monoisotopic (exact) mass is 460 g/mol. The SMILES string of the molecule is C=NC(=Nc1c(C(F)(F)F)cnn1Cc1ncc(-c2ccc(C(F)(F)F)cc2)[nH]1)SC. The summed E-state index contributed by atoms with van der Waals surface area (Å²) in [7, 11) is 0. The van der Waals surface area contributed by atoms with Gasteiger partial charge in [0.15, 0.2) is 11.0 Å². The number of benzene rings is 1. The van der Waals surface area contributed by atoms with Crippen LogP contribution in [0.3, 0.4) is 0 Å². The third-order valence-corrected chi connectivity index (χ3v) is 4.67. The smallest absolute Gasteiger partial charge is 0.340 e. The van der Waals surface area contributed by atoms with E-state index in [4.69, 9.17) is 0 Å². The second kappa shape index (κ2) is 8.57. The molecule has 0 aliphatic rings. The topological polar surface area (TPSA) is 71.2 Å². The minimum Gasteiger partial charge on any atom is -0.340 e. The van der Waals surface area contributed by atoms with Crippen LogP contribution in [0.25, 0.3) is 11.3 Å². The van der Waals surface area contributed by atoms with E-state index in [1.165, 1.54) is 18.3 Å². The van der Waals surface area contributed by atoms with Crippen LogP contribution in [0, 0.1) is 0 Å². The van der Waals surface area contributed by atoms with Crippen LogP contribution in [-0.2, 0) is 18.9 Å². The summed E-state index contributed by atoms with van der Waals surface area (Å²) >= 11 is 1.02. The second-order valence-corrected chi connectivity index (χ2v) is 6.89. The summed E-state index contributed by atoms with van der Waals surface area (Å²) in [4.78, 5) is 14.4. The standard InChI is InChI=1S/C18H14F6N6S/c1-25-16(31-2)29-15-12(18(22,23)24)7-27-30(15)9-14-26-8-13(28-14)10-3-5-11(6-4-10)17(19,20)21/h3-8H,1,9H2,2H3,(H,26,28). The second-order valence-electron chi connectivity index (χ2n) is 6.11. The normalized spacial score (nSPS) is 12.9. The molecule has 3 aromatic rings. The molecule has 0 aliphatic carbocycles. The molecule has 31 heavy (non-hydrogen) atoms. The van der Waals surface area contributed by atoms with E-state index in [1.807, 2.05) is 0 Å². The van der Waals surface area contributed by atoms with Crippen molar-refractivity contribution in [3.05, 3.63) is 53.6 Å². The number of aromatic nitrogens is 4. The summed E-state index contributed by atoms with van der Waals surface area (Å²) in [6.45, 7) is 3.09. The molecule has 0 bridgehead atoms. The van der Waals surface area contributed by atoms with Gasteiger partial charge in [-0.1, -0.05) is 23.9 Å². The Morgan fingerprint density at radius 1 is 1.10 bits per heavy atom. The van der Waals surface area contributed by atoms with Crippen LogP contribution in [-0.4, -0.2) is 37.9 Å². The number of amidine groups is 1. The van der Waals surface area contributed by atoms with Crippen molar-refractivity contribution in [3.63, 3.8) is 0 Å². The molecule has 0 aliphatic heterocycles. The van der Waals surface area contributed by atoms with E-state index in [9.17, 15) is 26.3 Å². The highest BCUT2D eigenvalue weighted by molar-refractivity contribution is 8.13. The lowest BCUT2D eigenvalue weighted by Crippen LogP contribution is -2.07. The van der Waals surface area contributed by atoms with E-state index in [0.29, 0.717) is 17.5 Å². The highest BCUT2D eigenvalue weighted by atomic mass is 32.2. The molecular formula is C18H14F6N6S. The Balaban J connectivity index is 1.91. The third kappa shape index (κ3) is 5.16. The number of hydrogen-bond acceptors (Lipinski definition) is 4. The molecule has 0 atom stereocenters. The summed E-state index contributed by atoms with van der Waals surface area (Å²) in [6.07, 6.45) is -5.53. The predicted molar refractivity (Wildman–Crippen MR) is 106 cm³/mol. The van der Waals surface area contributed by atoms with Crippen LogP contribution in [0.5, 0.6) is 0 Å². The zero-order valence-electron chi connectivity index (χ0n) is 15.8. The van der Waals surface area contributed by atoms with Gasteiger partial charge in [0.2, 0.25) is 0 Å². The van der Waals surface area contributed by atoms with Crippen molar-refractivity contribution < 1.29 is 26.3 Å². The minimum atomic E-state index is -4.68. The largest absolute Gasteiger partial charge is 0.421 e. The van der Waals surface area contributed by atoms with Crippen molar-refractivity contribution in [3.8, 4) is 11.3 Å². The maximum Gasteiger partial charge on any atom is 0.421 e. The summed E-state index contributed by atoms with van der Waals surface area (Å²) in [6, 6.07) is 4.40. The van der Waals surface area contributed by atoms with Crippen LogP contribution in [0.2, 0.25) is 0 Å². The van der Waals surface area contributed by atoms with Crippen LogP contribution < -0.4 is 0 Å². The zero-order valence-corrected chi connectivity index (χ0v) is 16.6. The molecular weight excluding hydrogens is 446 g/mol. The Morgan fingerprint density at radius 2 is 1.77 bits per heavy atom. The highest BCUT2D eigenvalue weighted by Gasteiger charge is 2.37. The first kappa shape index (κ1) is 22.6. The summed E-state index contributed by atoms with van der Waals surface area (Å²) in [5.41, 5.74) is -1.01. The number of aliphatic imine (C=N–C) groups is 2. The fourth-order valence-corrected chi connectivity index (χ4v) is 2.93. The van der Waals surface area contributed by atoms with Gasteiger partial charge in [0.25, 0.3) is 0 Å². The van der Waals surface area contributed by atoms with E-state index in [2.05, 4.69) is 31.8 Å². The molecule has 0 saturated heterocycles. The van der Waals surface area contributed by atoms with Crippen molar-refractivity contribution in [2.75, 3.05) is 6.26 Å². The van der Waals surface area contributed by atoms with Crippen molar-refractivity contribution >= 4 is 29.5 Å². The molecule has 0 spiro atoms. The lowest BCUT2D eigenvalue weighted by atomic mass is 10.1. The molecule has 0 fully saturated rings. The summed E-state index contributed by atoms with van der Waals surface area (Å²) < 4.78 is 79.1. The molecule has 2 heterocycles. The van der Waals surface area contributed by atoms with E-state index in [1.54, 1.807) is 6.26 Å². The van der Waals surface area contributed by atoms with Gasteiger partial charge in [0.1, 0.15) is 17.9 Å². The molecule has 2 aromatic heterocycles. The molecule has 0 unspecified atom stereocenters. The fourth-order valence-electron chi connectivity index (χ4n) is 2.62. The van der Waals surface area contributed by atoms with Gasteiger partial charge in [-0.2, -0.15) is 31.4 Å². The maximum atomic E-state index is 13.3. The lowest BCUT2D eigenvalue weighted by molar-refractivity contribution is -0.138. The lowest BCUT2D eigenvalue weighted by Gasteiger charge is -2.08. The number of aromatic amines is 1. The van der Waals surface area contributed by atoms with Gasteiger partial charge >= 0.3 is 12.4 Å². The molecule has 0 saturated carbocycles. The molecule has 6 nitrogen and oxygen atoms in total. The molecule has 1 N–H and O–H groups in total. The number of thioether (sulfide) groups is 1. The van der Waals surface area contributed by atoms with Crippen LogP contribution in [0.4, 0.5) is 32.2 Å². The Labute approximate surface area is 176 Å². The van der Waals surface area contributed by atoms with E-state index in [-0.39, 0.29) is 17.5 Å². The van der Waals surface area contributed by atoms with Crippen molar-refractivity contribution in [1.82, 2.24) is 19.7 Å². The van der Waals surface area contributed by atoms with Gasteiger partial charge in [-0.05, 0) is 30.7 Å². The van der Waals surface area contributed by atoms with Gasteiger partial charge in [0, 0.05) is 0 Å². The zero-order chi connectivity index (χ0) is 22.8. The van der Waals surface area contributed by atoms with E-state index < -0.39 is 29.3 Å². The number of H-pyrrole nitrogens is 1. The third-order valence-electron chi connectivity index (χ3n) is 4.09. The molecule has 0 radical (unpaired) electrons. The molecule has 164 valence electrons. The number of alkyl halides is 6. The van der Waals surface area contributed by atoms with Gasteiger partial charge in [0.05, 0.1) is 23.7 Å².